The lowest BCUT2D eigenvalue weighted by atomic mass is 10.3. The van der Waals surface area contributed by atoms with Crippen molar-refractivity contribution < 1.29 is 14.3 Å². The van der Waals surface area contributed by atoms with E-state index in [2.05, 4.69) is 4.74 Å². The minimum absolute atomic E-state index is 0.153. The third kappa shape index (κ3) is 2.85. The Hall–Kier alpha value is -1.91. The van der Waals surface area contributed by atoms with Gasteiger partial charge in [-0.2, -0.15) is 0 Å². The molecule has 0 aliphatic rings. The molecule has 0 saturated carbocycles. The number of anilines is 2. The molecule has 0 radical (unpaired) electrons. The Morgan fingerprint density at radius 1 is 1.29 bits per heavy atom. The topological polar surface area (TPSA) is 87.6 Å². The second kappa shape index (κ2) is 4.36. The minimum atomic E-state index is -0.453. The number of nitrogen functional groups attached to an aromatic ring is 2. The van der Waals surface area contributed by atoms with Crippen molar-refractivity contribution in [2.45, 2.75) is 0 Å². The van der Waals surface area contributed by atoms with Crippen LogP contribution >= 0.6 is 0 Å². The lowest BCUT2D eigenvalue weighted by molar-refractivity contribution is -0.142. The number of hydrogen-bond donors (Lipinski definition) is 2. The molecule has 5 nitrogen and oxygen atoms in total. The predicted octanol–water partition coefficient (Wildman–Crippen LogP) is 0.403. The molecule has 5 heteroatoms. The largest absolute Gasteiger partial charge is 0.482 e. The van der Waals surface area contributed by atoms with E-state index in [0.717, 1.165) is 0 Å². The fourth-order valence-electron chi connectivity index (χ4n) is 0.931. The second-order valence-corrected chi connectivity index (χ2v) is 2.70. The monoisotopic (exact) mass is 196 g/mol. The fraction of sp³-hybridized carbons (Fsp3) is 0.222. The van der Waals surface area contributed by atoms with Gasteiger partial charge in [-0.3, -0.25) is 0 Å². The van der Waals surface area contributed by atoms with Gasteiger partial charge in [0.2, 0.25) is 0 Å². The summed E-state index contributed by atoms with van der Waals surface area (Å²) in [7, 11) is 1.29. The van der Waals surface area contributed by atoms with Gasteiger partial charge < -0.3 is 20.9 Å². The zero-order valence-corrected chi connectivity index (χ0v) is 7.82. The van der Waals surface area contributed by atoms with Gasteiger partial charge >= 0.3 is 5.97 Å². The Morgan fingerprint density at radius 3 is 2.36 bits per heavy atom. The number of hydrogen-bond acceptors (Lipinski definition) is 5. The summed E-state index contributed by atoms with van der Waals surface area (Å²) in [5, 5.41) is 0. The van der Waals surface area contributed by atoms with Gasteiger partial charge in [0.05, 0.1) is 7.11 Å². The van der Waals surface area contributed by atoms with Crippen molar-refractivity contribution in [3.05, 3.63) is 18.2 Å². The van der Waals surface area contributed by atoms with Crippen molar-refractivity contribution in [1.82, 2.24) is 0 Å². The number of ether oxygens (including phenoxy) is 2. The molecule has 0 aromatic heterocycles. The lowest BCUT2D eigenvalue weighted by Crippen LogP contribution is -2.12. The average molecular weight is 196 g/mol. The molecule has 0 aliphatic carbocycles. The van der Waals surface area contributed by atoms with E-state index in [-0.39, 0.29) is 6.61 Å². The summed E-state index contributed by atoms with van der Waals surface area (Å²) in [5.41, 5.74) is 12.0. The van der Waals surface area contributed by atoms with Crippen molar-refractivity contribution in [2.75, 3.05) is 25.2 Å². The molecule has 0 atom stereocenters. The molecule has 0 fully saturated rings. The summed E-state index contributed by atoms with van der Waals surface area (Å²) in [6, 6.07) is 4.77. The highest BCUT2D eigenvalue weighted by molar-refractivity contribution is 5.71. The maximum absolute atomic E-state index is 10.7. The zero-order chi connectivity index (χ0) is 10.6. The van der Waals surface area contributed by atoms with Gasteiger partial charge in [-0.1, -0.05) is 0 Å². The van der Waals surface area contributed by atoms with E-state index in [4.69, 9.17) is 16.2 Å². The first-order chi connectivity index (χ1) is 6.61. The van der Waals surface area contributed by atoms with Gasteiger partial charge in [0.1, 0.15) is 5.75 Å². The van der Waals surface area contributed by atoms with E-state index >= 15 is 0 Å². The molecule has 76 valence electrons. The molecule has 1 aromatic carbocycles. The summed E-state index contributed by atoms with van der Waals surface area (Å²) in [4.78, 5) is 10.7. The van der Waals surface area contributed by atoms with Gasteiger partial charge in [0, 0.05) is 23.5 Å². The molecule has 1 aromatic rings. The molecule has 0 unspecified atom stereocenters. The van der Waals surface area contributed by atoms with E-state index in [9.17, 15) is 4.79 Å². The summed E-state index contributed by atoms with van der Waals surface area (Å²) in [6.45, 7) is -0.153. The Bertz CT molecular complexity index is 319. The molecule has 4 N–H and O–H groups in total. The lowest BCUT2D eigenvalue weighted by Gasteiger charge is -2.06. The van der Waals surface area contributed by atoms with Crippen LogP contribution in [0.25, 0.3) is 0 Å². The van der Waals surface area contributed by atoms with Crippen LogP contribution in [-0.2, 0) is 9.53 Å². The number of rotatable bonds is 3. The number of carbonyl (C=O) groups is 1. The Labute approximate surface area is 81.6 Å². The van der Waals surface area contributed by atoms with E-state index in [0.29, 0.717) is 17.1 Å². The third-order valence-electron chi connectivity index (χ3n) is 1.54. The molecule has 0 saturated heterocycles. The number of esters is 1. The van der Waals surface area contributed by atoms with Crippen LogP contribution < -0.4 is 16.2 Å². The first-order valence-corrected chi connectivity index (χ1v) is 3.97. The van der Waals surface area contributed by atoms with Gasteiger partial charge in [-0.05, 0) is 6.07 Å². The SMILES string of the molecule is COC(=O)COc1cc(N)cc(N)c1. The van der Waals surface area contributed by atoms with E-state index in [1.54, 1.807) is 18.2 Å². The second-order valence-electron chi connectivity index (χ2n) is 2.70. The normalized spacial score (nSPS) is 9.50. The van der Waals surface area contributed by atoms with Crippen molar-refractivity contribution in [2.24, 2.45) is 0 Å². The maximum Gasteiger partial charge on any atom is 0.343 e. The van der Waals surface area contributed by atoms with E-state index in [1.165, 1.54) is 7.11 Å². The summed E-state index contributed by atoms with van der Waals surface area (Å²) >= 11 is 0. The molecule has 0 heterocycles. The van der Waals surface area contributed by atoms with Crippen LogP contribution in [0.5, 0.6) is 5.75 Å². The maximum atomic E-state index is 10.7. The average Bonchev–Trinajstić information content (AvgIpc) is 2.12. The highest BCUT2D eigenvalue weighted by Gasteiger charge is 2.02. The number of nitrogens with two attached hydrogens (primary N) is 2. The zero-order valence-electron chi connectivity index (χ0n) is 7.82. The summed E-state index contributed by atoms with van der Waals surface area (Å²) in [6.07, 6.45) is 0. The first kappa shape index (κ1) is 10.2. The van der Waals surface area contributed by atoms with Crippen LogP contribution in [0.4, 0.5) is 11.4 Å². The van der Waals surface area contributed by atoms with Crippen LogP contribution in [0.3, 0.4) is 0 Å². The number of methoxy groups -OCH3 is 1. The molecule has 0 aliphatic heterocycles. The quantitative estimate of drug-likeness (QED) is 0.539. The Balaban J connectivity index is 2.63. The van der Waals surface area contributed by atoms with Gasteiger partial charge in [-0.25, -0.2) is 4.79 Å². The van der Waals surface area contributed by atoms with Crippen molar-refractivity contribution in [1.29, 1.82) is 0 Å². The standard InChI is InChI=1S/C9H12N2O3/c1-13-9(12)5-14-8-3-6(10)2-7(11)4-8/h2-4H,5,10-11H2,1H3. The highest BCUT2D eigenvalue weighted by Crippen LogP contribution is 2.19. The van der Waals surface area contributed by atoms with E-state index in [1.807, 2.05) is 0 Å². The molecular formula is C9H12N2O3. The molecular weight excluding hydrogens is 184 g/mol. The Morgan fingerprint density at radius 2 is 1.86 bits per heavy atom. The van der Waals surface area contributed by atoms with Gasteiger partial charge in [0.15, 0.2) is 6.61 Å². The fourth-order valence-corrected chi connectivity index (χ4v) is 0.931. The van der Waals surface area contributed by atoms with Gasteiger partial charge in [-0.15, -0.1) is 0 Å². The van der Waals surface area contributed by atoms with Crippen LogP contribution in [0, 0.1) is 0 Å². The van der Waals surface area contributed by atoms with Crippen LogP contribution in [0.1, 0.15) is 0 Å². The van der Waals surface area contributed by atoms with Crippen molar-refractivity contribution >= 4 is 17.3 Å². The van der Waals surface area contributed by atoms with Crippen LogP contribution in [-0.4, -0.2) is 19.7 Å². The summed E-state index contributed by atoms with van der Waals surface area (Å²) in [5.74, 6) is -0.00102. The van der Waals surface area contributed by atoms with Gasteiger partial charge in [0.25, 0.3) is 0 Å². The first-order valence-electron chi connectivity index (χ1n) is 3.97. The third-order valence-corrected chi connectivity index (χ3v) is 1.54. The molecule has 14 heavy (non-hydrogen) atoms. The number of benzene rings is 1. The van der Waals surface area contributed by atoms with Crippen LogP contribution in [0.2, 0.25) is 0 Å². The van der Waals surface area contributed by atoms with E-state index < -0.39 is 5.97 Å². The molecule has 0 bridgehead atoms. The minimum Gasteiger partial charge on any atom is -0.482 e. The smallest absolute Gasteiger partial charge is 0.343 e. The highest BCUT2D eigenvalue weighted by atomic mass is 16.6. The van der Waals surface area contributed by atoms with Crippen molar-refractivity contribution in [3.63, 3.8) is 0 Å². The van der Waals surface area contributed by atoms with Crippen LogP contribution in [0.15, 0.2) is 18.2 Å². The van der Waals surface area contributed by atoms with Crippen molar-refractivity contribution in [3.8, 4) is 5.75 Å². The number of carbonyl (C=O) groups excluding carboxylic acids is 1. The predicted molar refractivity (Wildman–Crippen MR) is 52.8 cm³/mol. The molecule has 0 spiro atoms. The molecule has 0 amide bonds. The molecule has 1 rings (SSSR count). The summed E-state index contributed by atoms with van der Waals surface area (Å²) < 4.78 is 9.49. The Kier molecular flexibility index (Phi) is 3.17.